The summed E-state index contributed by atoms with van der Waals surface area (Å²) in [5, 5.41) is 12.4. The average molecular weight is 254 g/mol. The summed E-state index contributed by atoms with van der Waals surface area (Å²) < 4.78 is 10.2. The third-order valence-corrected chi connectivity index (χ3v) is 2.44. The number of hydrogen-bond donors (Lipinski definition) is 3. The fraction of sp³-hybridized carbons (Fsp3) is 0.417. The van der Waals surface area contributed by atoms with Gasteiger partial charge in [0.05, 0.1) is 26.9 Å². The van der Waals surface area contributed by atoms with Crippen molar-refractivity contribution in [1.82, 2.24) is 5.32 Å². The summed E-state index contributed by atoms with van der Waals surface area (Å²) in [5.41, 5.74) is 5.76. The van der Waals surface area contributed by atoms with Gasteiger partial charge in [0.1, 0.15) is 11.5 Å². The predicted octanol–water partition coefficient (Wildman–Crippen LogP) is -0.188. The van der Waals surface area contributed by atoms with Crippen molar-refractivity contribution in [3.63, 3.8) is 0 Å². The minimum atomic E-state index is -0.843. The van der Waals surface area contributed by atoms with Crippen molar-refractivity contribution in [1.29, 1.82) is 0 Å². The van der Waals surface area contributed by atoms with Crippen molar-refractivity contribution in [2.45, 2.75) is 6.10 Å². The van der Waals surface area contributed by atoms with Crippen molar-refractivity contribution >= 4 is 5.91 Å². The van der Waals surface area contributed by atoms with Gasteiger partial charge >= 0.3 is 0 Å². The molecule has 0 spiro atoms. The first-order chi connectivity index (χ1) is 8.60. The van der Waals surface area contributed by atoms with Gasteiger partial charge in [-0.1, -0.05) is 0 Å². The van der Waals surface area contributed by atoms with Crippen molar-refractivity contribution in [2.24, 2.45) is 5.73 Å². The number of benzene rings is 1. The molecule has 0 aliphatic heterocycles. The molecule has 0 bridgehead atoms. The van der Waals surface area contributed by atoms with Crippen LogP contribution in [0.15, 0.2) is 18.2 Å². The van der Waals surface area contributed by atoms with Crippen molar-refractivity contribution in [3.05, 3.63) is 23.8 Å². The second kappa shape index (κ2) is 6.83. The molecule has 0 heterocycles. The van der Waals surface area contributed by atoms with Crippen molar-refractivity contribution in [3.8, 4) is 11.5 Å². The van der Waals surface area contributed by atoms with Crippen molar-refractivity contribution in [2.75, 3.05) is 27.3 Å². The van der Waals surface area contributed by atoms with Gasteiger partial charge in [0.2, 0.25) is 5.91 Å². The molecule has 1 atom stereocenters. The van der Waals surface area contributed by atoms with Crippen LogP contribution in [0.2, 0.25) is 0 Å². The maximum atomic E-state index is 11.0. The lowest BCUT2D eigenvalue weighted by Gasteiger charge is -2.14. The molecule has 1 amide bonds. The Morgan fingerprint density at radius 2 is 1.89 bits per heavy atom. The number of nitrogens with two attached hydrogens (primary N) is 1. The number of hydrogen-bond acceptors (Lipinski definition) is 5. The zero-order chi connectivity index (χ0) is 13.5. The molecule has 1 aromatic rings. The number of aliphatic hydroxyl groups is 1. The standard InChI is InChI=1S/C12H18N2O4/c1-17-9-3-8(4-10(5-9)18-2)11(15)7-14-12(16)6-13/h3-5,11,15H,6-7,13H2,1-2H3,(H,14,16). The second-order valence-corrected chi connectivity index (χ2v) is 3.67. The fourth-order valence-electron chi connectivity index (χ4n) is 1.42. The van der Waals surface area contributed by atoms with Gasteiger partial charge < -0.3 is 25.6 Å². The van der Waals surface area contributed by atoms with Crippen LogP contribution < -0.4 is 20.5 Å². The summed E-state index contributed by atoms with van der Waals surface area (Å²) in [6, 6.07) is 5.07. The van der Waals surface area contributed by atoms with E-state index < -0.39 is 6.10 Å². The van der Waals surface area contributed by atoms with Crippen LogP contribution in [0.25, 0.3) is 0 Å². The molecule has 100 valence electrons. The van der Waals surface area contributed by atoms with Gasteiger partial charge in [-0.25, -0.2) is 0 Å². The van der Waals surface area contributed by atoms with Crippen LogP contribution in [0.1, 0.15) is 11.7 Å². The highest BCUT2D eigenvalue weighted by Crippen LogP contribution is 2.26. The Bertz CT molecular complexity index is 387. The Morgan fingerprint density at radius 1 is 1.33 bits per heavy atom. The topological polar surface area (TPSA) is 93.8 Å². The normalized spacial score (nSPS) is 11.8. The van der Waals surface area contributed by atoms with Crippen LogP contribution in [0.4, 0.5) is 0 Å². The summed E-state index contributed by atoms with van der Waals surface area (Å²) in [5.74, 6) is 0.839. The summed E-state index contributed by atoms with van der Waals surface area (Å²) in [6.45, 7) is -0.0134. The number of carbonyl (C=O) groups is 1. The number of aliphatic hydroxyl groups excluding tert-OH is 1. The van der Waals surface area contributed by atoms with E-state index in [1.165, 1.54) is 14.2 Å². The third-order valence-electron chi connectivity index (χ3n) is 2.44. The zero-order valence-electron chi connectivity index (χ0n) is 10.5. The molecule has 0 aliphatic carbocycles. The molecular formula is C12H18N2O4. The summed E-state index contributed by atoms with van der Waals surface area (Å²) in [6.07, 6.45) is -0.843. The highest BCUT2D eigenvalue weighted by molar-refractivity contribution is 5.77. The van der Waals surface area contributed by atoms with E-state index in [0.717, 1.165) is 0 Å². The van der Waals surface area contributed by atoms with E-state index in [4.69, 9.17) is 15.2 Å². The van der Waals surface area contributed by atoms with Crippen LogP contribution >= 0.6 is 0 Å². The van der Waals surface area contributed by atoms with Gasteiger partial charge in [-0.3, -0.25) is 4.79 Å². The molecule has 0 fully saturated rings. The van der Waals surface area contributed by atoms with E-state index >= 15 is 0 Å². The maximum absolute atomic E-state index is 11.0. The number of nitrogens with one attached hydrogen (secondary N) is 1. The smallest absolute Gasteiger partial charge is 0.233 e. The zero-order valence-corrected chi connectivity index (χ0v) is 10.5. The van der Waals surface area contributed by atoms with Crippen molar-refractivity contribution < 1.29 is 19.4 Å². The molecular weight excluding hydrogens is 236 g/mol. The molecule has 0 saturated carbocycles. The second-order valence-electron chi connectivity index (χ2n) is 3.67. The molecule has 1 rings (SSSR count). The SMILES string of the molecule is COc1cc(OC)cc(C(O)CNC(=O)CN)c1. The third kappa shape index (κ3) is 3.90. The van der Waals surface area contributed by atoms with E-state index in [-0.39, 0.29) is 19.0 Å². The molecule has 0 aromatic heterocycles. The van der Waals surface area contributed by atoms with Crippen LogP contribution in [-0.2, 0) is 4.79 Å². The summed E-state index contributed by atoms with van der Waals surface area (Å²) in [7, 11) is 3.06. The van der Waals surface area contributed by atoms with Gasteiger partial charge in [0, 0.05) is 12.6 Å². The number of ether oxygens (including phenoxy) is 2. The Balaban J connectivity index is 2.77. The molecule has 0 radical (unpaired) electrons. The van der Waals surface area contributed by atoms with E-state index in [1.54, 1.807) is 18.2 Å². The van der Waals surface area contributed by atoms with Gasteiger partial charge in [-0.05, 0) is 17.7 Å². The van der Waals surface area contributed by atoms with E-state index in [2.05, 4.69) is 5.32 Å². The number of methoxy groups -OCH3 is 2. The molecule has 1 unspecified atom stereocenters. The average Bonchev–Trinajstić information content (AvgIpc) is 2.43. The summed E-state index contributed by atoms with van der Waals surface area (Å²) >= 11 is 0. The fourth-order valence-corrected chi connectivity index (χ4v) is 1.42. The van der Waals surface area contributed by atoms with E-state index in [0.29, 0.717) is 17.1 Å². The number of amides is 1. The van der Waals surface area contributed by atoms with Gasteiger partial charge in [-0.2, -0.15) is 0 Å². The Morgan fingerprint density at radius 3 is 2.33 bits per heavy atom. The molecule has 6 heteroatoms. The largest absolute Gasteiger partial charge is 0.497 e. The minimum Gasteiger partial charge on any atom is -0.497 e. The Hall–Kier alpha value is -1.79. The number of rotatable bonds is 6. The Labute approximate surface area is 106 Å². The first-order valence-corrected chi connectivity index (χ1v) is 5.48. The lowest BCUT2D eigenvalue weighted by Crippen LogP contribution is -2.33. The monoisotopic (exact) mass is 254 g/mol. The first kappa shape index (κ1) is 14.3. The molecule has 4 N–H and O–H groups in total. The van der Waals surface area contributed by atoms with E-state index in [9.17, 15) is 9.90 Å². The van der Waals surface area contributed by atoms with Gasteiger partial charge in [0.25, 0.3) is 0 Å². The highest BCUT2D eigenvalue weighted by atomic mass is 16.5. The minimum absolute atomic E-state index is 0.0896. The lowest BCUT2D eigenvalue weighted by atomic mass is 10.1. The van der Waals surface area contributed by atoms with Gasteiger partial charge in [-0.15, -0.1) is 0 Å². The lowest BCUT2D eigenvalue weighted by molar-refractivity contribution is -0.120. The highest BCUT2D eigenvalue weighted by Gasteiger charge is 2.11. The molecule has 0 aliphatic rings. The van der Waals surface area contributed by atoms with Crippen LogP contribution in [0.5, 0.6) is 11.5 Å². The Kier molecular flexibility index (Phi) is 5.41. The molecule has 6 nitrogen and oxygen atoms in total. The van der Waals surface area contributed by atoms with Crippen LogP contribution in [0.3, 0.4) is 0 Å². The first-order valence-electron chi connectivity index (χ1n) is 5.48. The van der Waals surface area contributed by atoms with Crippen LogP contribution in [-0.4, -0.2) is 38.3 Å². The maximum Gasteiger partial charge on any atom is 0.233 e. The van der Waals surface area contributed by atoms with E-state index in [1.807, 2.05) is 0 Å². The molecule has 1 aromatic carbocycles. The number of carbonyl (C=O) groups excluding carboxylic acids is 1. The summed E-state index contributed by atoms with van der Waals surface area (Å²) in [4.78, 5) is 11.0. The van der Waals surface area contributed by atoms with Crippen LogP contribution in [0, 0.1) is 0 Å². The molecule has 18 heavy (non-hydrogen) atoms. The van der Waals surface area contributed by atoms with Gasteiger partial charge in [0.15, 0.2) is 0 Å². The molecule has 0 saturated heterocycles. The quantitative estimate of drug-likeness (QED) is 0.654. The predicted molar refractivity (Wildman–Crippen MR) is 66.6 cm³/mol.